The fraction of sp³-hybridized carbons (Fsp3) is 0.192. The Bertz CT molecular complexity index is 1330. The molecule has 1 aromatic heterocycles. The maximum absolute atomic E-state index is 13.6. The molecule has 154 valence electrons. The number of para-hydroxylation sites is 2. The first-order valence-electron chi connectivity index (χ1n) is 10.5. The van der Waals surface area contributed by atoms with Crippen molar-refractivity contribution >= 4 is 22.5 Å². The third-order valence-electron chi connectivity index (χ3n) is 6.01. The van der Waals surface area contributed by atoms with Crippen LogP contribution in [0.15, 0.2) is 83.7 Å². The van der Waals surface area contributed by atoms with Gasteiger partial charge in [0.1, 0.15) is 11.9 Å². The highest BCUT2D eigenvalue weighted by Crippen LogP contribution is 2.36. The molecule has 0 saturated heterocycles. The second-order valence-electron chi connectivity index (χ2n) is 8.09. The minimum atomic E-state index is -0.630. The maximum atomic E-state index is 13.6. The van der Waals surface area contributed by atoms with Crippen LogP contribution in [0.25, 0.3) is 10.9 Å². The number of rotatable bonds is 3. The van der Waals surface area contributed by atoms with E-state index >= 15 is 0 Å². The Balaban J connectivity index is 1.75. The van der Waals surface area contributed by atoms with Crippen LogP contribution in [0.5, 0.6) is 0 Å². The summed E-state index contributed by atoms with van der Waals surface area (Å²) in [7, 11) is 0. The predicted octanol–water partition coefficient (Wildman–Crippen LogP) is 4.60. The van der Waals surface area contributed by atoms with E-state index < -0.39 is 6.04 Å². The lowest BCUT2D eigenvalue weighted by Crippen LogP contribution is -2.50. The number of hydrogen-bond acceptors (Lipinski definition) is 3. The Morgan fingerprint density at radius 2 is 1.55 bits per heavy atom. The van der Waals surface area contributed by atoms with Crippen LogP contribution in [0, 0.1) is 6.92 Å². The normalized spacial score (nSPS) is 18.3. The zero-order valence-electron chi connectivity index (χ0n) is 17.5. The van der Waals surface area contributed by atoms with Crippen LogP contribution in [0.1, 0.15) is 36.0 Å². The molecule has 1 aliphatic heterocycles. The quantitative estimate of drug-likeness (QED) is 0.497. The second kappa shape index (κ2) is 7.51. The summed E-state index contributed by atoms with van der Waals surface area (Å²) in [5.41, 5.74) is 3.57. The Kier molecular flexibility index (Phi) is 4.66. The zero-order valence-corrected chi connectivity index (χ0v) is 17.5. The fourth-order valence-corrected chi connectivity index (χ4v) is 4.38. The molecule has 5 rings (SSSR count). The van der Waals surface area contributed by atoms with Crippen LogP contribution in [0.2, 0.25) is 0 Å². The van der Waals surface area contributed by atoms with Crippen molar-refractivity contribution in [2.75, 3.05) is 4.90 Å². The van der Waals surface area contributed by atoms with E-state index in [0.29, 0.717) is 23.1 Å². The number of hydrogen-bond donors (Lipinski definition) is 0. The van der Waals surface area contributed by atoms with Gasteiger partial charge in [-0.1, -0.05) is 60.2 Å². The number of carbonyl (C=O) groups excluding carboxylic acids is 1. The van der Waals surface area contributed by atoms with Gasteiger partial charge in [-0.2, -0.15) is 0 Å². The first-order chi connectivity index (χ1) is 15.0. The van der Waals surface area contributed by atoms with Crippen molar-refractivity contribution in [1.82, 2.24) is 9.55 Å². The zero-order chi connectivity index (χ0) is 21.5. The third kappa shape index (κ3) is 3.22. The van der Waals surface area contributed by atoms with Gasteiger partial charge in [0.15, 0.2) is 0 Å². The molecule has 0 radical (unpaired) electrons. The largest absolute Gasteiger partial charge is 0.300 e. The molecule has 2 heterocycles. The molecule has 0 bridgehead atoms. The van der Waals surface area contributed by atoms with Crippen LogP contribution in [-0.2, 0) is 11.2 Å². The molecule has 0 fully saturated rings. The van der Waals surface area contributed by atoms with E-state index in [9.17, 15) is 9.59 Å². The van der Waals surface area contributed by atoms with Gasteiger partial charge in [0, 0.05) is 12.1 Å². The Morgan fingerprint density at radius 1 is 0.871 bits per heavy atom. The molecule has 0 unspecified atom stereocenters. The number of fused-ring (bicyclic) bond motifs is 2. The van der Waals surface area contributed by atoms with Crippen molar-refractivity contribution < 1.29 is 4.79 Å². The number of benzene rings is 3. The molecule has 5 heteroatoms. The molecular weight excluding hydrogens is 386 g/mol. The molecule has 0 saturated carbocycles. The Hall–Kier alpha value is -3.73. The molecule has 31 heavy (non-hydrogen) atoms. The topological polar surface area (TPSA) is 55.2 Å². The van der Waals surface area contributed by atoms with Crippen LogP contribution >= 0.6 is 0 Å². The van der Waals surface area contributed by atoms with Crippen LogP contribution in [0.3, 0.4) is 0 Å². The molecule has 5 nitrogen and oxygen atoms in total. The van der Waals surface area contributed by atoms with Gasteiger partial charge in [-0.15, -0.1) is 0 Å². The highest BCUT2D eigenvalue weighted by molar-refractivity contribution is 5.98. The molecule has 1 aliphatic rings. The highest BCUT2D eigenvalue weighted by Gasteiger charge is 2.40. The number of nitrogens with zero attached hydrogens (tertiary/aromatic N) is 3. The average Bonchev–Trinajstić information content (AvgIpc) is 2.79. The summed E-state index contributed by atoms with van der Waals surface area (Å²) in [6, 6.07) is 24.2. The molecule has 1 amide bonds. The molecule has 2 atom stereocenters. The minimum absolute atomic E-state index is 0.102. The first kappa shape index (κ1) is 19.2. The van der Waals surface area contributed by atoms with Gasteiger partial charge < -0.3 is 0 Å². The molecule has 4 aromatic rings. The number of aromatic nitrogens is 2. The summed E-state index contributed by atoms with van der Waals surface area (Å²) in [6.45, 7) is 3.83. The van der Waals surface area contributed by atoms with Gasteiger partial charge in [0.2, 0.25) is 0 Å². The number of aryl methyl sites for hydroxylation is 1. The van der Waals surface area contributed by atoms with E-state index in [1.807, 2.05) is 48.5 Å². The van der Waals surface area contributed by atoms with E-state index in [1.54, 1.807) is 22.5 Å². The molecule has 3 aromatic carbocycles. The molecular formula is C26H23N3O2. The van der Waals surface area contributed by atoms with Crippen molar-refractivity contribution in [3.63, 3.8) is 0 Å². The molecule has 0 aliphatic carbocycles. The summed E-state index contributed by atoms with van der Waals surface area (Å²) < 4.78 is 1.59. The summed E-state index contributed by atoms with van der Waals surface area (Å²) in [6.07, 6.45) is 0.568. The maximum Gasteiger partial charge on any atom is 0.262 e. The van der Waals surface area contributed by atoms with Crippen molar-refractivity contribution in [3.8, 4) is 0 Å². The van der Waals surface area contributed by atoms with Gasteiger partial charge >= 0.3 is 0 Å². The van der Waals surface area contributed by atoms with E-state index in [1.165, 1.54) is 5.56 Å². The standard InChI is InChI=1S/C26H23N3O2/c1-17-12-14-19(15-13-17)16-23-24-27-22-11-7-6-10-21(22)26(31)28(24)18(2)25(30)29(23)20-8-4-3-5-9-20/h3-15,18,23H,16H2,1-2H3/t18-,23-/m0/s1. The van der Waals surface area contributed by atoms with Crippen LogP contribution < -0.4 is 10.5 Å². The van der Waals surface area contributed by atoms with Crippen molar-refractivity contribution in [3.05, 3.63) is 106 Å². The number of amides is 1. The van der Waals surface area contributed by atoms with E-state index in [2.05, 4.69) is 31.2 Å². The number of anilines is 1. The van der Waals surface area contributed by atoms with Crippen LogP contribution in [-0.4, -0.2) is 15.5 Å². The van der Waals surface area contributed by atoms with E-state index in [0.717, 1.165) is 11.3 Å². The Labute approximate surface area is 180 Å². The van der Waals surface area contributed by atoms with E-state index in [-0.39, 0.29) is 17.5 Å². The summed E-state index contributed by atoms with van der Waals surface area (Å²) >= 11 is 0. The smallest absolute Gasteiger partial charge is 0.262 e. The van der Waals surface area contributed by atoms with E-state index in [4.69, 9.17) is 4.98 Å². The van der Waals surface area contributed by atoms with Gasteiger partial charge in [0.05, 0.1) is 16.9 Å². The van der Waals surface area contributed by atoms with Crippen LogP contribution in [0.4, 0.5) is 5.69 Å². The second-order valence-corrected chi connectivity index (χ2v) is 8.09. The summed E-state index contributed by atoms with van der Waals surface area (Å²) in [5, 5.41) is 0.535. The van der Waals surface area contributed by atoms with Gasteiger partial charge in [-0.05, 0) is 43.7 Å². The van der Waals surface area contributed by atoms with Crippen molar-refractivity contribution in [1.29, 1.82) is 0 Å². The molecule has 0 spiro atoms. The van der Waals surface area contributed by atoms with Crippen molar-refractivity contribution in [2.24, 2.45) is 0 Å². The highest BCUT2D eigenvalue weighted by atomic mass is 16.2. The molecule has 0 N–H and O–H groups in total. The average molecular weight is 409 g/mol. The van der Waals surface area contributed by atoms with Gasteiger partial charge in [0.25, 0.3) is 11.5 Å². The van der Waals surface area contributed by atoms with Gasteiger partial charge in [-0.25, -0.2) is 4.98 Å². The first-order valence-corrected chi connectivity index (χ1v) is 10.5. The summed E-state index contributed by atoms with van der Waals surface area (Å²) in [5.74, 6) is 0.523. The predicted molar refractivity (Wildman–Crippen MR) is 122 cm³/mol. The SMILES string of the molecule is Cc1ccc(C[C@H]2c3nc4ccccc4c(=O)n3[C@@H](C)C(=O)N2c2ccccc2)cc1. The van der Waals surface area contributed by atoms with Gasteiger partial charge in [-0.3, -0.25) is 19.1 Å². The number of carbonyl (C=O) groups is 1. The lowest BCUT2D eigenvalue weighted by Gasteiger charge is -2.40. The minimum Gasteiger partial charge on any atom is -0.300 e. The lowest BCUT2D eigenvalue weighted by molar-refractivity contribution is -0.123. The monoisotopic (exact) mass is 409 g/mol. The fourth-order valence-electron chi connectivity index (χ4n) is 4.38. The summed E-state index contributed by atoms with van der Waals surface area (Å²) in [4.78, 5) is 33.6. The third-order valence-corrected chi connectivity index (χ3v) is 6.01. The lowest BCUT2D eigenvalue weighted by atomic mass is 9.97. The Morgan fingerprint density at radius 3 is 2.29 bits per heavy atom. The van der Waals surface area contributed by atoms with Crippen molar-refractivity contribution in [2.45, 2.75) is 32.4 Å².